The summed E-state index contributed by atoms with van der Waals surface area (Å²) in [6, 6.07) is 21.0. The van der Waals surface area contributed by atoms with Crippen LogP contribution in [0.25, 0.3) is 54.1 Å². The van der Waals surface area contributed by atoms with Gasteiger partial charge in [-0.05, 0) is 60.9 Å². The maximum atomic E-state index is 11.7. The first-order valence-electron chi connectivity index (χ1n) is 14.6. The molecular weight excluding hydrogens is 685 g/mol. The average Bonchev–Trinajstić information content (AvgIpc) is 3.23. The molecule has 0 amide bonds. The number of carbonyl (C=O) groups excluding carboxylic acids is 1. The quantitative estimate of drug-likeness (QED) is 0.0587. The van der Waals surface area contributed by atoms with Crippen LogP contribution in [0.4, 0.5) is 0 Å². The summed E-state index contributed by atoms with van der Waals surface area (Å²) in [5.74, 6) is 0.547. The number of nitrogens with zero attached hydrogens (tertiary/aromatic N) is 2. The first kappa shape index (κ1) is 30.7. The predicted octanol–water partition coefficient (Wildman–Crippen LogP) is 9.60. The van der Waals surface area contributed by atoms with Crippen LogP contribution in [0.1, 0.15) is 59.1 Å². The molecule has 0 spiro atoms. The van der Waals surface area contributed by atoms with E-state index in [4.69, 9.17) is 4.98 Å². The van der Waals surface area contributed by atoms with Crippen molar-refractivity contribution in [3.63, 3.8) is 0 Å². The van der Waals surface area contributed by atoms with E-state index in [0.29, 0.717) is 0 Å². The van der Waals surface area contributed by atoms with Gasteiger partial charge >= 0.3 is 0 Å². The number of hydrogen-bond acceptors (Lipinski definition) is 3. The van der Waals surface area contributed by atoms with Gasteiger partial charge in [0.05, 0.1) is 5.76 Å². The van der Waals surface area contributed by atoms with Gasteiger partial charge in [-0.25, -0.2) is 0 Å². The zero-order chi connectivity index (χ0) is 28.6. The summed E-state index contributed by atoms with van der Waals surface area (Å²) in [5.41, 5.74) is 3.62. The van der Waals surface area contributed by atoms with Crippen molar-refractivity contribution >= 4 is 59.9 Å². The van der Waals surface area contributed by atoms with Crippen LogP contribution in [0.2, 0.25) is 0 Å². The molecule has 0 aliphatic heterocycles. The van der Waals surface area contributed by atoms with Crippen molar-refractivity contribution in [2.24, 2.45) is 18.9 Å². The maximum Gasteiger partial charge on any atom is 0.162 e. The van der Waals surface area contributed by atoms with Crippen molar-refractivity contribution in [1.29, 1.82) is 0 Å². The monoisotopic (exact) mass is 724 g/mol. The van der Waals surface area contributed by atoms with Crippen molar-refractivity contribution in [1.82, 2.24) is 9.55 Å². The van der Waals surface area contributed by atoms with E-state index in [0.717, 1.165) is 42.0 Å². The van der Waals surface area contributed by atoms with Crippen LogP contribution in [-0.4, -0.2) is 20.4 Å². The molecular formula is C36H39IrN2O2-. The number of ketones is 1. The van der Waals surface area contributed by atoms with Crippen molar-refractivity contribution < 1.29 is 30.0 Å². The molecule has 5 heteroatoms. The predicted molar refractivity (Wildman–Crippen MR) is 169 cm³/mol. The summed E-state index contributed by atoms with van der Waals surface area (Å²) in [6.45, 7) is 10.3. The molecule has 6 aromatic rings. The fraction of sp³-hybridized carbons (Fsp3) is 0.333. The SMILES string of the molecule is CCC(CC)C(=O)/C=C(\O)C(CC)CC.Cc1c2c3cc4ccccc4[c-]c3c3nccc4ccc(c2c43)n1C.[Ir]. The Morgan fingerprint density at radius 2 is 1.61 bits per heavy atom. The Kier molecular flexibility index (Phi) is 9.51. The molecule has 0 unspecified atom stereocenters. The Morgan fingerprint density at radius 1 is 0.927 bits per heavy atom. The molecule has 0 saturated heterocycles. The summed E-state index contributed by atoms with van der Waals surface area (Å²) < 4.78 is 2.30. The second-order valence-corrected chi connectivity index (χ2v) is 10.9. The normalized spacial score (nSPS) is 12.1. The number of allylic oxidation sites excluding steroid dienone is 2. The number of carbonyl (C=O) groups is 1. The molecule has 4 nitrogen and oxygen atoms in total. The number of aliphatic hydroxyl groups is 1. The van der Waals surface area contributed by atoms with Gasteiger partial charge < -0.3 is 9.67 Å². The second-order valence-electron chi connectivity index (χ2n) is 10.9. The van der Waals surface area contributed by atoms with Gasteiger partial charge in [0.2, 0.25) is 0 Å². The van der Waals surface area contributed by atoms with E-state index >= 15 is 0 Å². The Bertz CT molecular complexity index is 1860. The number of hydrogen-bond donors (Lipinski definition) is 1. The van der Waals surface area contributed by atoms with E-state index in [1.54, 1.807) is 0 Å². The minimum Gasteiger partial charge on any atom is -0.512 e. The van der Waals surface area contributed by atoms with Crippen molar-refractivity contribution in [3.8, 4) is 0 Å². The summed E-state index contributed by atoms with van der Waals surface area (Å²) in [6.07, 6.45) is 6.82. The topological polar surface area (TPSA) is 55.1 Å². The zero-order valence-electron chi connectivity index (χ0n) is 24.8. The number of fused-ring (bicyclic) bond motifs is 4. The zero-order valence-corrected chi connectivity index (χ0v) is 27.2. The second kappa shape index (κ2) is 12.7. The van der Waals surface area contributed by atoms with Crippen LogP contribution in [0.5, 0.6) is 0 Å². The largest absolute Gasteiger partial charge is 0.512 e. The van der Waals surface area contributed by atoms with Crippen LogP contribution in [0.3, 0.4) is 0 Å². The molecule has 1 N–H and O–H groups in total. The molecule has 1 radical (unpaired) electrons. The van der Waals surface area contributed by atoms with Crippen LogP contribution >= 0.6 is 0 Å². The van der Waals surface area contributed by atoms with Gasteiger partial charge in [0.25, 0.3) is 0 Å². The van der Waals surface area contributed by atoms with Gasteiger partial charge in [0.15, 0.2) is 5.78 Å². The number of aryl methyl sites for hydroxylation is 2. The molecule has 2 aromatic heterocycles. The number of pyridine rings is 1. The Balaban J connectivity index is 0.000000212. The molecule has 0 saturated carbocycles. The first-order chi connectivity index (χ1) is 19.3. The summed E-state index contributed by atoms with van der Waals surface area (Å²) in [4.78, 5) is 16.5. The number of benzene rings is 4. The van der Waals surface area contributed by atoms with E-state index in [9.17, 15) is 9.90 Å². The third-order valence-electron chi connectivity index (χ3n) is 8.76. The van der Waals surface area contributed by atoms with Crippen LogP contribution in [0, 0.1) is 24.8 Å². The number of rotatable bonds is 7. The van der Waals surface area contributed by atoms with Crippen LogP contribution < -0.4 is 0 Å². The van der Waals surface area contributed by atoms with Gasteiger partial charge in [-0.1, -0.05) is 68.1 Å². The van der Waals surface area contributed by atoms with Gasteiger partial charge in [0, 0.05) is 73.4 Å². The van der Waals surface area contributed by atoms with Crippen LogP contribution in [0.15, 0.2) is 66.6 Å². The third kappa shape index (κ3) is 5.38. The van der Waals surface area contributed by atoms with Crippen LogP contribution in [-0.2, 0) is 31.9 Å². The molecule has 0 fully saturated rings. The van der Waals surface area contributed by atoms with Gasteiger partial charge in [-0.15, -0.1) is 23.6 Å². The van der Waals surface area contributed by atoms with E-state index < -0.39 is 0 Å². The van der Waals surface area contributed by atoms with Gasteiger partial charge in [0.1, 0.15) is 0 Å². The van der Waals surface area contributed by atoms with E-state index in [1.807, 2.05) is 33.9 Å². The standard InChI is InChI=1S/C23H15N2.C13H24O2.Ir/c1-13-20-17-11-15-5-3-4-6-16(15)12-18(17)23-21-14(9-10-24-23)7-8-19(22(20)21)25(13)2;1-5-10(6-2)12(14)9-13(15)11(7-3)8-4;/h3-11H,1-2H3;9-11,14H,5-8H2,1-4H3;/q-1;;/b;12-9-;. The fourth-order valence-corrected chi connectivity index (χ4v) is 6.17. The minimum atomic E-state index is 0. The Morgan fingerprint density at radius 3 is 2.29 bits per heavy atom. The maximum absolute atomic E-state index is 11.7. The summed E-state index contributed by atoms with van der Waals surface area (Å²) >= 11 is 0. The Labute approximate surface area is 256 Å². The van der Waals surface area contributed by atoms with E-state index in [1.165, 1.54) is 49.6 Å². The first-order valence-corrected chi connectivity index (χ1v) is 14.6. The van der Waals surface area contributed by atoms with Crippen molar-refractivity contribution in [3.05, 3.63) is 78.3 Å². The summed E-state index contributed by atoms with van der Waals surface area (Å²) in [7, 11) is 2.15. The van der Waals surface area contributed by atoms with Crippen molar-refractivity contribution in [2.75, 3.05) is 0 Å². The molecule has 4 aromatic carbocycles. The van der Waals surface area contributed by atoms with E-state index in [2.05, 4.69) is 73.1 Å². The minimum absolute atomic E-state index is 0. The van der Waals surface area contributed by atoms with Gasteiger partial charge in [-0.3, -0.25) is 9.78 Å². The average molecular weight is 724 g/mol. The molecule has 0 bridgehead atoms. The number of aliphatic hydroxyl groups excluding tert-OH is 1. The summed E-state index contributed by atoms with van der Waals surface area (Å²) in [5, 5.41) is 19.7. The molecule has 215 valence electrons. The molecule has 0 aliphatic carbocycles. The van der Waals surface area contributed by atoms with Crippen molar-refractivity contribution in [2.45, 2.75) is 60.3 Å². The third-order valence-corrected chi connectivity index (χ3v) is 8.76. The number of aromatic nitrogens is 2. The molecule has 2 heterocycles. The smallest absolute Gasteiger partial charge is 0.162 e. The molecule has 0 aliphatic rings. The fourth-order valence-electron chi connectivity index (χ4n) is 6.17. The van der Waals surface area contributed by atoms with Gasteiger partial charge in [-0.2, -0.15) is 0 Å². The Hall–Kier alpha value is -3.27. The molecule has 41 heavy (non-hydrogen) atoms. The molecule has 0 atom stereocenters. The van der Waals surface area contributed by atoms with E-state index in [-0.39, 0.29) is 43.5 Å². The molecule has 6 rings (SSSR count).